The third-order valence-corrected chi connectivity index (χ3v) is 8.14. The maximum Gasteiger partial charge on any atom is 0.429 e. The molecule has 0 aromatic heterocycles. The van der Waals surface area contributed by atoms with Gasteiger partial charge in [-0.15, -0.1) is 5.11 Å². The summed E-state index contributed by atoms with van der Waals surface area (Å²) < 4.78 is 23.4. The van der Waals surface area contributed by atoms with Gasteiger partial charge in [-0.25, -0.2) is 19.2 Å². The molecule has 6 atom stereocenters. The number of amides is 3. The summed E-state index contributed by atoms with van der Waals surface area (Å²) in [4.78, 5) is 79.4. The molecule has 246 valence electrons. The summed E-state index contributed by atoms with van der Waals surface area (Å²) in [5, 5.41) is 19.8. The van der Waals surface area contributed by atoms with Crippen molar-refractivity contribution in [2.75, 3.05) is 20.2 Å². The Hall–Kier alpha value is -6.03. The number of urea groups is 1. The molecule has 48 heavy (non-hydrogen) atoms. The van der Waals surface area contributed by atoms with Crippen molar-refractivity contribution < 1.29 is 47.8 Å². The van der Waals surface area contributed by atoms with Gasteiger partial charge < -0.3 is 18.9 Å². The Morgan fingerprint density at radius 3 is 1.88 bits per heavy atom. The number of carbonyl (C=O) groups excluding carboxylic acids is 5. The number of esters is 3. The number of imide groups is 1. The molecule has 2 unspecified atom stereocenters. The monoisotopic (exact) mass is 657 g/mol. The van der Waals surface area contributed by atoms with E-state index in [0.29, 0.717) is 4.90 Å². The molecule has 0 N–H and O–H groups in total. The number of carbonyl (C=O) groups is 5. The second-order valence-electron chi connectivity index (χ2n) is 11.0. The van der Waals surface area contributed by atoms with Crippen molar-refractivity contribution in [1.29, 1.82) is 0 Å². The normalized spacial score (nSPS) is 26.1. The van der Waals surface area contributed by atoms with Crippen LogP contribution in [0.1, 0.15) is 31.1 Å². The molecule has 16 heteroatoms. The number of ether oxygens (including phenoxy) is 4. The second-order valence-corrected chi connectivity index (χ2v) is 11.0. The minimum atomic E-state index is -2.71. The maximum atomic E-state index is 13.8. The Bertz CT molecular complexity index is 1770. The van der Waals surface area contributed by atoms with Crippen LogP contribution >= 0.6 is 0 Å². The van der Waals surface area contributed by atoms with Gasteiger partial charge in [0.05, 0.1) is 28.2 Å². The smallest absolute Gasteiger partial charge is 0.429 e. The summed E-state index contributed by atoms with van der Waals surface area (Å²) in [6, 6.07) is 20.9. The van der Waals surface area contributed by atoms with E-state index in [-0.39, 0.29) is 16.7 Å². The van der Waals surface area contributed by atoms with E-state index in [1.165, 1.54) is 36.4 Å². The first-order valence-electron chi connectivity index (χ1n) is 14.7. The highest BCUT2D eigenvalue weighted by molar-refractivity contribution is 6.02. The molecule has 0 radical (unpaired) electrons. The average molecular weight is 658 g/mol. The van der Waals surface area contributed by atoms with Crippen molar-refractivity contribution >= 4 is 29.8 Å². The fraction of sp³-hybridized carbons (Fsp3) is 0.281. The van der Waals surface area contributed by atoms with Crippen molar-refractivity contribution in [2.45, 2.75) is 36.2 Å². The lowest BCUT2D eigenvalue weighted by atomic mass is 9.95. The molecule has 6 rings (SSSR count). The van der Waals surface area contributed by atoms with Gasteiger partial charge in [0.2, 0.25) is 0 Å². The average Bonchev–Trinajstić information content (AvgIpc) is 3.70. The highest BCUT2D eigenvalue weighted by Gasteiger charge is 2.72. The van der Waals surface area contributed by atoms with Crippen LogP contribution in [0.15, 0.2) is 101 Å². The minimum Gasteiger partial charge on any atom is -0.459 e. The van der Waals surface area contributed by atoms with Crippen LogP contribution in [0.25, 0.3) is 0 Å². The first kappa shape index (κ1) is 31.9. The molecule has 3 aromatic carbocycles. The minimum absolute atomic E-state index is 0.0890. The van der Waals surface area contributed by atoms with E-state index in [2.05, 4.69) is 10.2 Å². The third-order valence-electron chi connectivity index (χ3n) is 8.14. The van der Waals surface area contributed by atoms with Crippen LogP contribution in [0.4, 0.5) is 4.79 Å². The number of nitro groups is 1. The van der Waals surface area contributed by atoms with Gasteiger partial charge in [-0.2, -0.15) is 5.11 Å². The Morgan fingerprint density at radius 2 is 1.35 bits per heavy atom. The fourth-order valence-corrected chi connectivity index (χ4v) is 5.73. The first-order chi connectivity index (χ1) is 23.1. The van der Waals surface area contributed by atoms with Crippen LogP contribution in [0.3, 0.4) is 0 Å². The standard InChI is InChI=1S/C32H27N5O11/c1-35-30(41)32(37(43)44)23(17-33-34-32)36(31(35)42)26-25(48-29(40)21-15-9-4-10-16-21)24(47-28(39)20-13-7-3-8-14-20)22(46-26)18-45-27(38)19-11-5-2-6-12-19/h2-16,22-26H,17-18H2,1H3/t22-,23?,24-,25-,26-,32?/m1/s1. The van der Waals surface area contributed by atoms with E-state index in [4.69, 9.17) is 18.9 Å². The first-order valence-corrected chi connectivity index (χ1v) is 14.7. The van der Waals surface area contributed by atoms with E-state index in [9.17, 15) is 34.1 Å². The summed E-state index contributed by atoms with van der Waals surface area (Å²) in [7, 11) is 1.03. The predicted molar refractivity (Wildman–Crippen MR) is 160 cm³/mol. The molecule has 0 aliphatic carbocycles. The zero-order valence-corrected chi connectivity index (χ0v) is 25.2. The van der Waals surface area contributed by atoms with Crippen LogP contribution in [0, 0.1) is 10.1 Å². The summed E-state index contributed by atoms with van der Waals surface area (Å²) in [6.45, 7) is -1.03. The summed E-state index contributed by atoms with van der Waals surface area (Å²) in [6.07, 6.45) is -6.26. The van der Waals surface area contributed by atoms with Crippen LogP contribution in [0.2, 0.25) is 0 Å². The molecule has 2 fully saturated rings. The lowest BCUT2D eigenvalue weighted by molar-refractivity contribution is -0.559. The SMILES string of the molecule is CN1C(=O)N([C@@H]2O[C@H](COC(=O)c3ccccc3)[C@@H](OC(=O)c3ccccc3)[C@H]2OC(=O)c2ccccc2)C2CN=NC2([N+](=O)[O-])C1=O. The van der Waals surface area contributed by atoms with E-state index in [1.807, 2.05) is 0 Å². The number of hydrogen-bond donors (Lipinski definition) is 0. The zero-order valence-electron chi connectivity index (χ0n) is 25.2. The molecule has 3 heterocycles. The van der Waals surface area contributed by atoms with E-state index in [1.54, 1.807) is 54.6 Å². The molecule has 0 bridgehead atoms. The van der Waals surface area contributed by atoms with Gasteiger partial charge in [0.15, 0.2) is 24.5 Å². The summed E-state index contributed by atoms with van der Waals surface area (Å²) in [5.74, 6) is -3.76. The lowest BCUT2D eigenvalue weighted by Gasteiger charge is -2.43. The van der Waals surface area contributed by atoms with Gasteiger partial charge in [0.1, 0.15) is 12.7 Å². The van der Waals surface area contributed by atoms with Gasteiger partial charge in [0.25, 0.3) is 0 Å². The van der Waals surface area contributed by atoms with Crippen LogP contribution in [-0.2, 0) is 23.7 Å². The van der Waals surface area contributed by atoms with Gasteiger partial charge in [-0.1, -0.05) is 54.6 Å². The largest absolute Gasteiger partial charge is 0.459 e. The Balaban J connectivity index is 1.41. The molecule has 2 saturated heterocycles. The van der Waals surface area contributed by atoms with Crippen molar-refractivity contribution in [3.8, 4) is 0 Å². The van der Waals surface area contributed by atoms with Gasteiger partial charge >= 0.3 is 35.5 Å². The van der Waals surface area contributed by atoms with Gasteiger partial charge in [-0.3, -0.25) is 24.7 Å². The quantitative estimate of drug-likeness (QED) is 0.142. The van der Waals surface area contributed by atoms with E-state index >= 15 is 0 Å². The van der Waals surface area contributed by atoms with Gasteiger partial charge in [0, 0.05) is 7.05 Å². The van der Waals surface area contributed by atoms with Gasteiger partial charge in [-0.05, 0) is 36.4 Å². The van der Waals surface area contributed by atoms with Crippen molar-refractivity contribution in [3.05, 3.63) is 118 Å². The highest BCUT2D eigenvalue weighted by atomic mass is 16.7. The van der Waals surface area contributed by atoms with E-state index in [0.717, 1.165) is 11.9 Å². The number of benzene rings is 3. The van der Waals surface area contributed by atoms with Crippen molar-refractivity contribution in [3.63, 3.8) is 0 Å². The molecule has 3 amide bonds. The molecule has 0 saturated carbocycles. The van der Waals surface area contributed by atoms with Crippen molar-refractivity contribution in [1.82, 2.24) is 9.80 Å². The third kappa shape index (κ3) is 5.62. The topological polar surface area (TPSA) is 197 Å². The number of rotatable bonds is 9. The number of azo groups is 1. The van der Waals surface area contributed by atoms with Crippen LogP contribution in [0.5, 0.6) is 0 Å². The molecule has 3 aromatic rings. The molecular formula is C32H27N5O11. The van der Waals surface area contributed by atoms with Crippen LogP contribution < -0.4 is 0 Å². The molecule has 0 spiro atoms. The lowest BCUT2D eigenvalue weighted by Crippen LogP contribution is -2.74. The Morgan fingerprint density at radius 1 is 0.854 bits per heavy atom. The molecule has 3 aliphatic rings. The second kappa shape index (κ2) is 13.0. The van der Waals surface area contributed by atoms with Crippen LogP contribution in [-0.4, -0.2) is 101 Å². The van der Waals surface area contributed by atoms with Crippen molar-refractivity contribution in [2.24, 2.45) is 10.2 Å². The number of fused-ring (bicyclic) bond motifs is 1. The Labute approximate surface area is 272 Å². The summed E-state index contributed by atoms with van der Waals surface area (Å²) >= 11 is 0. The maximum absolute atomic E-state index is 13.8. The number of nitrogens with zero attached hydrogens (tertiary/aromatic N) is 5. The molecular weight excluding hydrogens is 630 g/mol. The highest BCUT2D eigenvalue weighted by Crippen LogP contribution is 2.40. The Kier molecular flexibility index (Phi) is 8.65. The molecule has 3 aliphatic heterocycles. The fourth-order valence-electron chi connectivity index (χ4n) is 5.73. The predicted octanol–water partition coefficient (Wildman–Crippen LogP) is 2.72. The number of likely N-dealkylation sites (N-methyl/N-ethyl adjacent to an activating group) is 1. The summed E-state index contributed by atoms with van der Waals surface area (Å²) in [5.41, 5.74) is -2.30. The zero-order chi connectivity index (χ0) is 34.0. The number of hydrogen-bond acceptors (Lipinski definition) is 13. The van der Waals surface area contributed by atoms with E-state index < -0.39 is 84.2 Å². The molecule has 16 nitrogen and oxygen atoms in total.